The molecule has 72 valence electrons. The van der Waals surface area contributed by atoms with Crippen LogP contribution in [-0.2, 0) is 4.79 Å². The lowest BCUT2D eigenvalue weighted by molar-refractivity contribution is -0.143. The second-order valence-electron chi connectivity index (χ2n) is 3.39. The zero-order chi connectivity index (χ0) is 9.56. The number of hydrogen-bond acceptors (Lipinski definition) is 2. The van der Waals surface area contributed by atoms with Gasteiger partial charge in [0.25, 0.3) is 0 Å². The molecule has 0 saturated heterocycles. The maximum absolute atomic E-state index is 10.7. The van der Waals surface area contributed by atoms with Crippen LogP contribution in [0.1, 0.15) is 27.2 Å². The first-order valence-corrected chi connectivity index (χ1v) is 4.53. The Morgan fingerprint density at radius 2 is 2.08 bits per heavy atom. The number of hydrogen-bond donors (Lipinski definition) is 2. The largest absolute Gasteiger partial charge is 0.481 e. The van der Waals surface area contributed by atoms with Crippen molar-refractivity contribution in [3.05, 3.63) is 0 Å². The van der Waals surface area contributed by atoms with E-state index in [-0.39, 0.29) is 11.8 Å². The summed E-state index contributed by atoms with van der Waals surface area (Å²) < 4.78 is 0. The van der Waals surface area contributed by atoms with Gasteiger partial charge in [0.15, 0.2) is 0 Å². The first-order chi connectivity index (χ1) is 5.59. The van der Waals surface area contributed by atoms with Crippen molar-refractivity contribution >= 4 is 5.97 Å². The lowest BCUT2D eigenvalue weighted by atomic mass is 9.96. The summed E-state index contributed by atoms with van der Waals surface area (Å²) in [7, 11) is 0. The average Bonchev–Trinajstić information content (AvgIpc) is 1.96. The van der Waals surface area contributed by atoms with Crippen LogP contribution in [0.5, 0.6) is 0 Å². The zero-order valence-electron chi connectivity index (χ0n) is 8.13. The zero-order valence-corrected chi connectivity index (χ0v) is 8.13. The molecular weight excluding hydrogens is 154 g/mol. The van der Waals surface area contributed by atoms with Gasteiger partial charge in [-0.3, -0.25) is 4.79 Å². The average molecular weight is 173 g/mol. The molecule has 0 heterocycles. The lowest BCUT2D eigenvalue weighted by Crippen LogP contribution is -2.32. The quantitative estimate of drug-likeness (QED) is 0.596. The topological polar surface area (TPSA) is 49.3 Å². The van der Waals surface area contributed by atoms with E-state index in [1.807, 2.05) is 13.8 Å². The molecular formula is C9H19NO2. The number of nitrogens with one attached hydrogen (secondary N) is 1. The van der Waals surface area contributed by atoms with Crippen LogP contribution in [0, 0.1) is 11.8 Å². The molecule has 0 saturated carbocycles. The SMILES string of the molecule is CCCNCC(C(=O)O)C(C)C. The van der Waals surface area contributed by atoms with E-state index in [1.165, 1.54) is 0 Å². The van der Waals surface area contributed by atoms with Gasteiger partial charge in [0.2, 0.25) is 0 Å². The van der Waals surface area contributed by atoms with Crippen molar-refractivity contribution in [3.63, 3.8) is 0 Å². The van der Waals surface area contributed by atoms with Crippen molar-refractivity contribution in [1.82, 2.24) is 5.32 Å². The summed E-state index contributed by atoms with van der Waals surface area (Å²) in [5, 5.41) is 11.9. The molecule has 0 aliphatic carbocycles. The molecule has 12 heavy (non-hydrogen) atoms. The van der Waals surface area contributed by atoms with Crippen LogP contribution in [0.25, 0.3) is 0 Å². The number of rotatable bonds is 6. The molecule has 3 nitrogen and oxygen atoms in total. The maximum Gasteiger partial charge on any atom is 0.308 e. The van der Waals surface area contributed by atoms with Crippen molar-refractivity contribution in [3.8, 4) is 0 Å². The Bertz CT molecular complexity index is 134. The number of carboxylic acids is 1. The van der Waals surface area contributed by atoms with Gasteiger partial charge >= 0.3 is 5.97 Å². The van der Waals surface area contributed by atoms with Crippen LogP contribution < -0.4 is 5.32 Å². The molecule has 0 aromatic rings. The number of carbonyl (C=O) groups is 1. The van der Waals surface area contributed by atoms with Gasteiger partial charge in [-0.2, -0.15) is 0 Å². The van der Waals surface area contributed by atoms with E-state index in [4.69, 9.17) is 5.11 Å². The monoisotopic (exact) mass is 173 g/mol. The molecule has 1 unspecified atom stereocenters. The Balaban J connectivity index is 3.72. The third-order valence-electron chi connectivity index (χ3n) is 1.91. The van der Waals surface area contributed by atoms with Crippen LogP contribution >= 0.6 is 0 Å². The first-order valence-electron chi connectivity index (χ1n) is 4.53. The molecule has 0 aliphatic heterocycles. The van der Waals surface area contributed by atoms with Crippen molar-refractivity contribution in [2.45, 2.75) is 27.2 Å². The van der Waals surface area contributed by atoms with E-state index in [9.17, 15) is 4.79 Å². The van der Waals surface area contributed by atoms with Crippen molar-refractivity contribution in [2.75, 3.05) is 13.1 Å². The summed E-state index contributed by atoms with van der Waals surface area (Å²) in [6.45, 7) is 7.42. The Morgan fingerprint density at radius 1 is 1.50 bits per heavy atom. The molecule has 0 radical (unpaired) electrons. The number of aliphatic carboxylic acids is 1. The molecule has 3 heteroatoms. The van der Waals surface area contributed by atoms with Gasteiger partial charge in [0.05, 0.1) is 5.92 Å². The summed E-state index contributed by atoms with van der Waals surface area (Å²) >= 11 is 0. The summed E-state index contributed by atoms with van der Waals surface area (Å²) in [5.74, 6) is -0.753. The standard InChI is InChI=1S/C9H19NO2/c1-4-5-10-6-8(7(2)3)9(11)12/h7-8,10H,4-6H2,1-3H3,(H,11,12). The van der Waals surface area contributed by atoms with Crippen LogP contribution in [0.3, 0.4) is 0 Å². The summed E-state index contributed by atoms with van der Waals surface area (Å²) in [4.78, 5) is 10.7. The van der Waals surface area contributed by atoms with Crippen molar-refractivity contribution in [2.24, 2.45) is 11.8 Å². The van der Waals surface area contributed by atoms with Crippen LogP contribution in [-0.4, -0.2) is 24.2 Å². The second-order valence-corrected chi connectivity index (χ2v) is 3.39. The summed E-state index contributed by atoms with van der Waals surface area (Å²) in [6.07, 6.45) is 1.05. The van der Waals surface area contributed by atoms with E-state index in [0.717, 1.165) is 13.0 Å². The van der Waals surface area contributed by atoms with Gasteiger partial charge in [-0.05, 0) is 18.9 Å². The maximum atomic E-state index is 10.7. The predicted octanol–water partition coefficient (Wildman–Crippen LogP) is 1.34. The van der Waals surface area contributed by atoms with E-state index in [0.29, 0.717) is 6.54 Å². The van der Waals surface area contributed by atoms with Crippen molar-refractivity contribution in [1.29, 1.82) is 0 Å². The minimum Gasteiger partial charge on any atom is -0.481 e. The lowest BCUT2D eigenvalue weighted by Gasteiger charge is -2.16. The molecule has 0 aromatic heterocycles. The highest BCUT2D eigenvalue weighted by molar-refractivity contribution is 5.70. The van der Waals surface area contributed by atoms with E-state index in [1.54, 1.807) is 0 Å². The van der Waals surface area contributed by atoms with Gasteiger partial charge in [-0.25, -0.2) is 0 Å². The Kier molecular flexibility index (Phi) is 5.72. The van der Waals surface area contributed by atoms with Gasteiger partial charge < -0.3 is 10.4 Å². The smallest absolute Gasteiger partial charge is 0.308 e. The molecule has 0 aliphatic rings. The minimum absolute atomic E-state index is 0.201. The van der Waals surface area contributed by atoms with E-state index >= 15 is 0 Å². The molecule has 0 rings (SSSR count). The molecule has 2 N–H and O–H groups in total. The predicted molar refractivity (Wildman–Crippen MR) is 49.1 cm³/mol. The van der Waals surface area contributed by atoms with Crippen LogP contribution in [0.2, 0.25) is 0 Å². The first kappa shape index (κ1) is 11.4. The van der Waals surface area contributed by atoms with Crippen LogP contribution in [0.4, 0.5) is 0 Å². The molecule has 0 aromatic carbocycles. The number of carboxylic acid groups (broad SMARTS) is 1. The molecule has 1 atom stereocenters. The van der Waals surface area contributed by atoms with Gasteiger partial charge in [0.1, 0.15) is 0 Å². The highest BCUT2D eigenvalue weighted by Crippen LogP contribution is 2.09. The fraction of sp³-hybridized carbons (Fsp3) is 0.889. The third kappa shape index (κ3) is 4.34. The summed E-state index contributed by atoms with van der Waals surface area (Å²) in [6, 6.07) is 0. The Hall–Kier alpha value is -0.570. The van der Waals surface area contributed by atoms with E-state index in [2.05, 4.69) is 12.2 Å². The highest BCUT2D eigenvalue weighted by atomic mass is 16.4. The second kappa shape index (κ2) is 6.00. The minimum atomic E-state index is -0.700. The van der Waals surface area contributed by atoms with E-state index < -0.39 is 5.97 Å². The Labute approximate surface area is 74.2 Å². The molecule has 0 amide bonds. The highest BCUT2D eigenvalue weighted by Gasteiger charge is 2.20. The third-order valence-corrected chi connectivity index (χ3v) is 1.91. The van der Waals surface area contributed by atoms with Crippen LogP contribution in [0.15, 0.2) is 0 Å². The summed E-state index contributed by atoms with van der Waals surface area (Å²) in [5.41, 5.74) is 0. The molecule has 0 spiro atoms. The van der Waals surface area contributed by atoms with Crippen molar-refractivity contribution < 1.29 is 9.90 Å². The molecule has 0 bridgehead atoms. The fourth-order valence-corrected chi connectivity index (χ4v) is 1.04. The molecule has 0 fully saturated rings. The van der Waals surface area contributed by atoms with Gasteiger partial charge in [-0.15, -0.1) is 0 Å². The fourth-order valence-electron chi connectivity index (χ4n) is 1.04. The van der Waals surface area contributed by atoms with Gasteiger partial charge in [0, 0.05) is 6.54 Å². The Morgan fingerprint density at radius 3 is 2.42 bits per heavy atom. The normalized spacial score (nSPS) is 13.3. The van der Waals surface area contributed by atoms with Gasteiger partial charge in [-0.1, -0.05) is 20.8 Å².